The molecule has 0 radical (unpaired) electrons. The molecule has 0 heterocycles. The Labute approximate surface area is 357 Å². The first-order valence-electron chi connectivity index (χ1n) is 21.1. The topological polar surface area (TPSA) is 12.4 Å². The fourth-order valence-electron chi connectivity index (χ4n) is 9.02. The molecule has 0 aliphatic heterocycles. The molecule has 0 spiro atoms. The summed E-state index contributed by atoms with van der Waals surface area (Å²) in [7, 11) is 0. The molecule has 61 heavy (non-hydrogen) atoms. The summed E-state index contributed by atoms with van der Waals surface area (Å²) in [5.41, 5.74) is 13.4. The number of hydrogen-bond acceptors (Lipinski definition) is 1. The Hall–Kier alpha value is -7.61. The summed E-state index contributed by atoms with van der Waals surface area (Å²) >= 11 is 0. The Balaban J connectivity index is 0.000000235. The molecule has 1 heteroatoms. The molecule has 0 unspecified atom stereocenters. The first-order valence-corrected chi connectivity index (χ1v) is 21.1. The maximum Gasteiger partial charge on any atom is 0.0662 e. The molecule has 1 nitrogen and oxygen atoms in total. The maximum atomic E-state index is 4.65. The van der Waals surface area contributed by atoms with Crippen molar-refractivity contribution in [3.8, 4) is 33.4 Å². The van der Waals surface area contributed by atoms with Gasteiger partial charge in [-0.2, -0.15) is 0 Å². The molecule has 0 aliphatic carbocycles. The van der Waals surface area contributed by atoms with Gasteiger partial charge in [0.1, 0.15) is 0 Å². The van der Waals surface area contributed by atoms with Crippen LogP contribution in [0.4, 0.5) is 5.69 Å². The smallest absolute Gasteiger partial charge is 0.0662 e. The molecule has 0 aliphatic rings. The number of fused-ring (bicyclic) bond motifs is 6. The molecule has 11 aromatic rings. The van der Waals surface area contributed by atoms with Crippen molar-refractivity contribution in [2.24, 2.45) is 4.99 Å². The van der Waals surface area contributed by atoms with Crippen LogP contribution in [-0.2, 0) is 0 Å². The summed E-state index contributed by atoms with van der Waals surface area (Å²) in [6, 6.07) is 78.9. The second-order valence-electron chi connectivity index (χ2n) is 16.0. The largest absolute Gasteiger partial charge is 0.253 e. The lowest BCUT2D eigenvalue weighted by molar-refractivity contribution is 1.38. The summed E-state index contributed by atoms with van der Waals surface area (Å²) in [5, 5.41) is 12.8. The second kappa shape index (κ2) is 16.2. The van der Waals surface area contributed by atoms with Crippen molar-refractivity contribution in [2.45, 2.75) is 20.8 Å². The lowest BCUT2D eigenvalue weighted by Crippen LogP contribution is -1.93. The Morgan fingerprint density at radius 3 is 1.54 bits per heavy atom. The van der Waals surface area contributed by atoms with Crippen molar-refractivity contribution in [2.75, 3.05) is 0 Å². The summed E-state index contributed by atoms with van der Waals surface area (Å²) in [6.45, 7) is 6.27. The van der Waals surface area contributed by atoms with Gasteiger partial charge in [0.25, 0.3) is 0 Å². The Kier molecular flexibility index (Phi) is 10.0. The van der Waals surface area contributed by atoms with E-state index in [0.717, 1.165) is 11.4 Å². The maximum absolute atomic E-state index is 4.65. The van der Waals surface area contributed by atoms with E-state index in [-0.39, 0.29) is 0 Å². The second-order valence-corrected chi connectivity index (χ2v) is 16.0. The molecule has 0 saturated heterocycles. The fourth-order valence-corrected chi connectivity index (χ4v) is 9.02. The molecule has 290 valence electrons. The zero-order valence-corrected chi connectivity index (χ0v) is 34.7. The van der Waals surface area contributed by atoms with Crippen molar-refractivity contribution in [1.29, 1.82) is 0 Å². The van der Waals surface area contributed by atoms with Gasteiger partial charge in [0.2, 0.25) is 0 Å². The van der Waals surface area contributed by atoms with Crippen LogP contribution < -0.4 is 0 Å². The van der Waals surface area contributed by atoms with Crippen LogP contribution in [0, 0.1) is 13.8 Å². The number of aryl methyl sites for hydroxylation is 2. The minimum Gasteiger partial charge on any atom is -0.253 e. The van der Waals surface area contributed by atoms with Crippen LogP contribution >= 0.6 is 0 Å². The molecule has 0 aromatic heterocycles. The van der Waals surface area contributed by atoms with E-state index in [1.807, 2.05) is 43.3 Å². The third-order valence-corrected chi connectivity index (χ3v) is 12.1. The summed E-state index contributed by atoms with van der Waals surface area (Å²) in [5.74, 6) is 0. The van der Waals surface area contributed by atoms with Gasteiger partial charge in [-0.15, -0.1) is 0 Å². The van der Waals surface area contributed by atoms with Crippen LogP contribution in [0.1, 0.15) is 23.6 Å². The standard InChI is InChI=1S/C45H30.C15H15N/c1-29-21-23-31(24-22-29)44-38-16-6-8-18-40(38)45(41-19-9-7-17-39(41)44)33-26-25-32-27-43(37-15-5-4-14-36(37)42(32)28-33)35-20-10-12-30-11-2-3-13-34(30)35;1-12-8-6-7-11-15(12)16-13(2)14-9-4-3-5-10-14/h2-28H,1H3;3-11H,1-2H3. The number of para-hydroxylation sites is 1. The highest BCUT2D eigenvalue weighted by Gasteiger charge is 2.18. The van der Waals surface area contributed by atoms with Gasteiger partial charge >= 0.3 is 0 Å². The lowest BCUT2D eigenvalue weighted by Gasteiger charge is -2.19. The first-order chi connectivity index (χ1) is 30.0. The van der Waals surface area contributed by atoms with Gasteiger partial charge in [0.05, 0.1) is 5.69 Å². The average molecular weight is 780 g/mol. The summed E-state index contributed by atoms with van der Waals surface area (Å²) < 4.78 is 0. The quantitative estimate of drug-likeness (QED) is 0.0937. The minimum atomic E-state index is 1.05. The number of hydrogen-bond donors (Lipinski definition) is 0. The summed E-state index contributed by atoms with van der Waals surface area (Å²) in [4.78, 5) is 4.65. The van der Waals surface area contributed by atoms with E-state index < -0.39 is 0 Å². The molecule has 0 amide bonds. The number of nitrogens with zero attached hydrogens (tertiary/aromatic N) is 1. The van der Waals surface area contributed by atoms with Gasteiger partial charge in [0, 0.05) is 5.71 Å². The molecule has 0 N–H and O–H groups in total. The minimum absolute atomic E-state index is 1.05. The predicted octanol–water partition coefficient (Wildman–Crippen LogP) is 16.9. The van der Waals surface area contributed by atoms with Gasteiger partial charge in [-0.1, -0.05) is 206 Å². The van der Waals surface area contributed by atoms with Crippen molar-refractivity contribution >= 4 is 65.3 Å². The Bertz CT molecular complexity index is 3370. The lowest BCUT2D eigenvalue weighted by atomic mass is 9.84. The van der Waals surface area contributed by atoms with Crippen LogP contribution in [0.2, 0.25) is 0 Å². The zero-order valence-electron chi connectivity index (χ0n) is 34.7. The van der Waals surface area contributed by atoms with Crippen LogP contribution in [0.25, 0.3) is 87.2 Å². The Morgan fingerprint density at radius 2 is 0.869 bits per heavy atom. The number of rotatable bonds is 5. The Morgan fingerprint density at radius 1 is 0.344 bits per heavy atom. The highest BCUT2D eigenvalue weighted by molar-refractivity contribution is 6.23. The third kappa shape index (κ3) is 7.15. The predicted molar refractivity (Wildman–Crippen MR) is 265 cm³/mol. The fraction of sp³-hybridized carbons (Fsp3) is 0.0500. The number of benzene rings is 11. The van der Waals surface area contributed by atoms with Crippen LogP contribution in [-0.4, -0.2) is 5.71 Å². The van der Waals surface area contributed by atoms with Crippen LogP contribution in [0.15, 0.2) is 223 Å². The molecule has 11 rings (SSSR count). The van der Waals surface area contributed by atoms with Gasteiger partial charge in [-0.25, -0.2) is 0 Å². The van der Waals surface area contributed by atoms with E-state index in [1.54, 1.807) is 0 Å². The molecule has 0 fully saturated rings. The highest BCUT2D eigenvalue weighted by atomic mass is 14.7. The monoisotopic (exact) mass is 779 g/mol. The van der Waals surface area contributed by atoms with Crippen LogP contribution in [0.5, 0.6) is 0 Å². The van der Waals surface area contributed by atoms with Crippen molar-refractivity contribution in [3.63, 3.8) is 0 Å². The van der Waals surface area contributed by atoms with Crippen LogP contribution in [0.3, 0.4) is 0 Å². The normalized spacial score (nSPS) is 11.6. The third-order valence-electron chi connectivity index (χ3n) is 12.1. The van der Waals surface area contributed by atoms with E-state index in [4.69, 9.17) is 0 Å². The van der Waals surface area contributed by atoms with Gasteiger partial charge < -0.3 is 0 Å². The molecule has 11 aromatic carbocycles. The first kappa shape index (κ1) is 37.6. The van der Waals surface area contributed by atoms with E-state index in [2.05, 4.69) is 201 Å². The molecule has 0 saturated carbocycles. The zero-order chi connectivity index (χ0) is 41.3. The average Bonchev–Trinajstić information content (AvgIpc) is 3.32. The van der Waals surface area contributed by atoms with Crippen molar-refractivity contribution < 1.29 is 0 Å². The van der Waals surface area contributed by atoms with E-state index in [0.29, 0.717) is 0 Å². The molecule has 0 bridgehead atoms. The van der Waals surface area contributed by atoms with E-state index in [1.165, 1.54) is 104 Å². The molecular formula is C60H45N. The van der Waals surface area contributed by atoms with Crippen molar-refractivity contribution in [3.05, 3.63) is 235 Å². The highest BCUT2D eigenvalue weighted by Crippen LogP contribution is 2.45. The van der Waals surface area contributed by atoms with Crippen molar-refractivity contribution in [1.82, 2.24) is 0 Å². The molecular weight excluding hydrogens is 735 g/mol. The summed E-state index contributed by atoms with van der Waals surface area (Å²) in [6.07, 6.45) is 0. The van der Waals surface area contributed by atoms with Gasteiger partial charge in [-0.3, -0.25) is 4.99 Å². The van der Waals surface area contributed by atoms with E-state index >= 15 is 0 Å². The van der Waals surface area contributed by atoms with Gasteiger partial charge in [-0.05, 0) is 137 Å². The molecule has 0 atom stereocenters. The van der Waals surface area contributed by atoms with E-state index in [9.17, 15) is 0 Å². The van der Waals surface area contributed by atoms with Gasteiger partial charge in [0.15, 0.2) is 0 Å². The SMILES string of the molecule is CC(=Nc1ccccc1C)c1ccccc1.Cc1ccc(-c2c3ccccc3c(-c3ccc4cc(-c5cccc6ccccc56)c5ccccc5c4c3)c3ccccc23)cc1. The number of aliphatic imine (C=N–C) groups is 1.